The number of nitrogens with zero attached hydrogens (tertiary/aromatic N) is 1. The van der Waals surface area contributed by atoms with Crippen LogP contribution in [-0.4, -0.2) is 42.4 Å². The first-order chi connectivity index (χ1) is 7.63. The number of halogens is 1. The maximum Gasteiger partial charge on any atom is 0.269 e. The summed E-state index contributed by atoms with van der Waals surface area (Å²) in [5, 5.41) is 11.9. The molecule has 0 saturated heterocycles. The van der Waals surface area contributed by atoms with Crippen molar-refractivity contribution in [2.24, 2.45) is 0 Å². The Morgan fingerprint density at radius 2 is 2.44 bits per heavy atom. The first kappa shape index (κ1) is 13.1. The van der Waals surface area contributed by atoms with E-state index in [-0.39, 0.29) is 19.1 Å². The largest absolute Gasteiger partial charge is 0.389 e. The van der Waals surface area contributed by atoms with E-state index in [1.165, 1.54) is 7.11 Å². The van der Waals surface area contributed by atoms with Crippen molar-refractivity contribution >= 4 is 21.8 Å². The zero-order valence-corrected chi connectivity index (χ0v) is 10.4. The van der Waals surface area contributed by atoms with Crippen LogP contribution in [0.4, 0.5) is 0 Å². The SMILES string of the molecule is COCC(O)CNC(=O)c1ccc(Br)cn1. The second kappa shape index (κ2) is 6.57. The number of hydrogen-bond acceptors (Lipinski definition) is 4. The number of aliphatic hydroxyl groups is 1. The van der Waals surface area contributed by atoms with Crippen LogP contribution in [-0.2, 0) is 4.74 Å². The topological polar surface area (TPSA) is 71.5 Å². The predicted octanol–water partition coefficient (Wildman–Crippen LogP) is 0.581. The van der Waals surface area contributed by atoms with Crippen LogP contribution in [0.25, 0.3) is 0 Å². The summed E-state index contributed by atoms with van der Waals surface area (Å²) in [5.74, 6) is -0.317. The maximum atomic E-state index is 11.5. The summed E-state index contributed by atoms with van der Waals surface area (Å²) < 4.78 is 5.54. The first-order valence-corrected chi connectivity index (χ1v) is 5.49. The molecule has 0 radical (unpaired) electrons. The van der Waals surface area contributed by atoms with Crippen molar-refractivity contribution in [2.45, 2.75) is 6.10 Å². The van der Waals surface area contributed by atoms with Crippen molar-refractivity contribution in [1.29, 1.82) is 0 Å². The number of methoxy groups -OCH3 is 1. The number of hydrogen-bond donors (Lipinski definition) is 2. The van der Waals surface area contributed by atoms with Crippen molar-refractivity contribution < 1.29 is 14.6 Å². The molecule has 1 rings (SSSR count). The highest BCUT2D eigenvalue weighted by Gasteiger charge is 2.09. The van der Waals surface area contributed by atoms with Gasteiger partial charge >= 0.3 is 0 Å². The summed E-state index contributed by atoms with van der Waals surface area (Å²) >= 11 is 3.23. The number of aromatic nitrogens is 1. The van der Waals surface area contributed by atoms with E-state index < -0.39 is 6.10 Å². The highest BCUT2D eigenvalue weighted by Crippen LogP contribution is 2.07. The second-order valence-corrected chi connectivity index (χ2v) is 4.10. The van der Waals surface area contributed by atoms with Gasteiger partial charge in [-0.3, -0.25) is 4.79 Å². The summed E-state index contributed by atoms with van der Waals surface area (Å²) in [6.07, 6.45) is 0.838. The lowest BCUT2D eigenvalue weighted by molar-refractivity contribution is 0.0608. The van der Waals surface area contributed by atoms with Crippen molar-refractivity contribution in [3.05, 3.63) is 28.5 Å². The number of aliphatic hydroxyl groups excluding tert-OH is 1. The smallest absolute Gasteiger partial charge is 0.269 e. The molecule has 0 fully saturated rings. The van der Waals surface area contributed by atoms with Crippen LogP contribution in [0.2, 0.25) is 0 Å². The molecule has 88 valence electrons. The van der Waals surface area contributed by atoms with E-state index in [1.54, 1.807) is 18.3 Å². The third kappa shape index (κ3) is 4.26. The van der Waals surface area contributed by atoms with E-state index in [1.807, 2.05) is 0 Å². The van der Waals surface area contributed by atoms with Crippen molar-refractivity contribution in [3.8, 4) is 0 Å². The molecule has 1 heterocycles. The van der Waals surface area contributed by atoms with Gasteiger partial charge in [-0.15, -0.1) is 0 Å². The fraction of sp³-hybridized carbons (Fsp3) is 0.400. The Morgan fingerprint density at radius 1 is 1.69 bits per heavy atom. The minimum absolute atomic E-state index is 0.143. The first-order valence-electron chi connectivity index (χ1n) is 4.70. The molecule has 1 aromatic rings. The van der Waals surface area contributed by atoms with Crippen LogP contribution >= 0.6 is 15.9 Å². The minimum atomic E-state index is -0.704. The fourth-order valence-corrected chi connectivity index (χ4v) is 1.30. The van der Waals surface area contributed by atoms with E-state index in [4.69, 9.17) is 4.74 Å². The predicted molar refractivity (Wildman–Crippen MR) is 62.2 cm³/mol. The van der Waals surface area contributed by atoms with Gasteiger partial charge in [-0.05, 0) is 28.1 Å². The fourth-order valence-electron chi connectivity index (χ4n) is 1.06. The number of ether oxygens (including phenoxy) is 1. The van der Waals surface area contributed by atoms with Gasteiger partial charge in [0.1, 0.15) is 5.69 Å². The molecule has 0 bridgehead atoms. The quantitative estimate of drug-likeness (QED) is 0.832. The molecule has 2 N–H and O–H groups in total. The lowest BCUT2D eigenvalue weighted by Gasteiger charge is -2.10. The molecular weight excluding hydrogens is 276 g/mol. The average Bonchev–Trinajstić information content (AvgIpc) is 2.27. The molecular formula is C10H13BrN2O3. The zero-order chi connectivity index (χ0) is 12.0. The van der Waals surface area contributed by atoms with Crippen LogP contribution < -0.4 is 5.32 Å². The molecule has 16 heavy (non-hydrogen) atoms. The Hall–Kier alpha value is -0.980. The molecule has 0 aromatic carbocycles. The highest BCUT2D eigenvalue weighted by molar-refractivity contribution is 9.10. The second-order valence-electron chi connectivity index (χ2n) is 3.18. The van der Waals surface area contributed by atoms with Crippen molar-refractivity contribution in [2.75, 3.05) is 20.3 Å². The van der Waals surface area contributed by atoms with Crippen LogP contribution in [0.15, 0.2) is 22.8 Å². The molecule has 6 heteroatoms. The standard InChI is InChI=1S/C10H13BrN2O3/c1-16-6-8(14)5-13-10(15)9-3-2-7(11)4-12-9/h2-4,8,14H,5-6H2,1H3,(H,13,15). The summed E-state index contributed by atoms with van der Waals surface area (Å²) in [7, 11) is 1.49. The Morgan fingerprint density at radius 3 is 3.00 bits per heavy atom. The molecule has 0 aliphatic carbocycles. The van der Waals surface area contributed by atoms with E-state index in [0.717, 1.165) is 4.47 Å². The third-order valence-electron chi connectivity index (χ3n) is 1.82. The van der Waals surface area contributed by atoms with E-state index in [0.29, 0.717) is 5.69 Å². The molecule has 1 atom stereocenters. The molecule has 0 aliphatic heterocycles. The van der Waals surface area contributed by atoms with Gasteiger partial charge in [-0.25, -0.2) is 4.98 Å². The maximum absolute atomic E-state index is 11.5. The number of carbonyl (C=O) groups is 1. The number of amides is 1. The van der Waals surface area contributed by atoms with Crippen LogP contribution in [0.3, 0.4) is 0 Å². The van der Waals surface area contributed by atoms with Gasteiger partial charge in [-0.2, -0.15) is 0 Å². The lowest BCUT2D eigenvalue weighted by Crippen LogP contribution is -2.34. The van der Waals surface area contributed by atoms with E-state index in [2.05, 4.69) is 26.2 Å². The van der Waals surface area contributed by atoms with Crippen LogP contribution in [0.5, 0.6) is 0 Å². The summed E-state index contributed by atoms with van der Waals surface area (Å²) in [6.45, 7) is 0.332. The van der Waals surface area contributed by atoms with Gasteiger partial charge in [0.05, 0.1) is 12.7 Å². The Kier molecular flexibility index (Phi) is 5.37. The molecule has 1 aromatic heterocycles. The van der Waals surface area contributed by atoms with Gasteiger partial charge in [0.2, 0.25) is 0 Å². The molecule has 0 spiro atoms. The van der Waals surface area contributed by atoms with Crippen molar-refractivity contribution in [1.82, 2.24) is 10.3 Å². The summed E-state index contributed by atoms with van der Waals surface area (Å²) in [4.78, 5) is 15.5. The van der Waals surface area contributed by atoms with E-state index in [9.17, 15) is 9.90 Å². The average molecular weight is 289 g/mol. The van der Waals surface area contributed by atoms with Gasteiger partial charge in [0.15, 0.2) is 0 Å². The number of carbonyl (C=O) groups excluding carboxylic acids is 1. The molecule has 1 amide bonds. The highest BCUT2D eigenvalue weighted by atomic mass is 79.9. The van der Waals surface area contributed by atoms with Gasteiger partial charge in [0.25, 0.3) is 5.91 Å². The summed E-state index contributed by atoms with van der Waals surface area (Å²) in [6, 6.07) is 3.33. The van der Waals surface area contributed by atoms with Gasteiger partial charge in [-0.1, -0.05) is 0 Å². The molecule has 1 unspecified atom stereocenters. The molecule has 0 saturated carbocycles. The molecule has 5 nitrogen and oxygen atoms in total. The van der Waals surface area contributed by atoms with Crippen molar-refractivity contribution in [3.63, 3.8) is 0 Å². The van der Waals surface area contributed by atoms with Gasteiger partial charge < -0.3 is 15.2 Å². The van der Waals surface area contributed by atoms with Crippen LogP contribution in [0.1, 0.15) is 10.5 Å². The summed E-state index contributed by atoms with van der Waals surface area (Å²) in [5.41, 5.74) is 0.313. The number of pyridine rings is 1. The monoisotopic (exact) mass is 288 g/mol. The Labute approximate surface area is 102 Å². The molecule has 0 aliphatic rings. The van der Waals surface area contributed by atoms with E-state index >= 15 is 0 Å². The number of rotatable bonds is 5. The Bertz CT molecular complexity index is 342. The number of nitrogens with one attached hydrogen (secondary N) is 1. The normalized spacial score (nSPS) is 12.2. The Balaban J connectivity index is 2.43. The lowest BCUT2D eigenvalue weighted by atomic mass is 10.3. The van der Waals surface area contributed by atoms with Gasteiger partial charge in [0, 0.05) is 24.3 Å². The van der Waals surface area contributed by atoms with Crippen LogP contribution in [0, 0.1) is 0 Å². The third-order valence-corrected chi connectivity index (χ3v) is 2.29. The zero-order valence-electron chi connectivity index (χ0n) is 8.81. The minimum Gasteiger partial charge on any atom is -0.389 e.